The minimum Gasteiger partial charge on any atom is -0.393 e. The van der Waals surface area contributed by atoms with Crippen LogP contribution in [0.3, 0.4) is 0 Å². The summed E-state index contributed by atoms with van der Waals surface area (Å²) in [6.07, 6.45) is 1.25. The number of nitrogen functional groups attached to an aromatic ring is 1. The molecule has 11 nitrogen and oxygen atoms in total. The predicted octanol–water partition coefficient (Wildman–Crippen LogP) is 4.37. The summed E-state index contributed by atoms with van der Waals surface area (Å²) in [4.78, 5) is 29.1. The SMILES string of the molecule is Nc1cc(NCCNc2cnc([N+](=O)[O-])c(-c3ccc(Cl)cc3Cl)n2)ccc1[N+](=O)[O-]. The van der Waals surface area contributed by atoms with Crippen molar-refractivity contribution in [3.05, 3.63) is 72.9 Å². The zero-order chi connectivity index (χ0) is 22.5. The van der Waals surface area contributed by atoms with Crippen LogP contribution in [0.4, 0.5) is 28.7 Å². The lowest BCUT2D eigenvalue weighted by Gasteiger charge is -2.10. The molecule has 3 rings (SSSR count). The Morgan fingerprint density at radius 1 is 1.00 bits per heavy atom. The molecule has 0 saturated carbocycles. The number of nitrogens with two attached hydrogens (primary N) is 1. The van der Waals surface area contributed by atoms with Crippen LogP contribution in [0.25, 0.3) is 11.3 Å². The molecule has 0 unspecified atom stereocenters. The lowest BCUT2D eigenvalue weighted by Crippen LogP contribution is -2.15. The maximum absolute atomic E-state index is 11.3. The average molecular weight is 464 g/mol. The van der Waals surface area contributed by atoms with Crippen LogP contribution in [-0.2, 0) is 0 Å². The van der Waals surface area contributed by atoms with Crippen molar-refractivity contribution >= 4 is 51.9 Å². The summed E-state index contributed by atoms with van der Waals surface area (Å²) in [5.74, 6) is -0.133. The Bertz CT molecular complexity index is 1160. The lowest BCUT2D eigenvalue weighted by molar-refractivity contribution is -0.389. The van der Waals surface area contributed by atoms with E-state index in [9.17, 15) is 20.2 Å². The van der Waals surface area contributed by atoms with Crippen LogP contribution >= 0.6 is 23.2 Å². The number of aromatic nitrogens is 2. The molecule has 1 heterocycles. The zero-order valence-electron chi connectivity index (χ0n) is 15.7. The first-order valence-electron chi connectivity index (χ1n) is 8.75. The van der Waals surface area contributed by atoms with Gasteiger partial charge in [-0.2, -0.15) is 0 Å². The molecule has 0 aliphatic carbocycles. The number of anilines is 3. The Morgan fingerprint density at radius 3 is 2.39 bits per heavy atom. The standard InChI is InChI=1S/C18H15Cl2N7O4/c19-10-1-3-12(13(20)7-10)17-18(27(30)31)24-9-16(25-17)23-6-5-22-11-2-4-15(26(28)29)14(21)8-11/h1-4,7-9,22H,5-6,21H2,(H,23,25). The summed E-state index contributed by atoms with van der Waals surface area (Å²) in [6, 6.07) is 8.87. The van der Waals surface area contributed by atoms with Gasteiger partial charge in [0.25, 0.3) is 5.69 Å². The maximum Gasteiger partial charge on any atom is 0.390 e. The van der Waals surface area contributed by atoms with Crippen molar-refractivity contribution < 1.29 is 9.85 Å². The van der Waals surface area contributed by atoms with Gasteiger partial charge in [-0.1, -0.05) is 23.2 Å². The molecule has 0 fully saturated rings. The molecular weight excluding hydrogens is 449 g/mol. The van der Waals surface area contributed by atoms with Crippen molar-refractivity contribution in [1.29, 1.82) is 0 Å². The highest BCUT2D eigenvalue weighted by Crippen LogP contribution is 2.34. The van der Waals surface area contributed by atoms with Gasteiger partial charge >= 0.3 is 5.82 Å². The van der Waals surface area contributed by atoms with E-state index in [1.165, 1.54) is 30.5 Å². The fourth-order valence-electron chi connectivity index (χ4n) is 2.69. The fraction of sp³-hybridized carbons (Fsp3) is 0.111. The minimum absolute atomic E-state index is 0.00719. The molecule has 4 N–H and O–H groups in total. The summed E-state index contributed by atoms with van der Waals surface area (Å²) in [5, 5.41) is 28.8. The topological polar surface area (TPSA) is 162 Å². The lowest BCUT2D eigenvalue weighted by atomic mass is 10.1. The van der Waals surface area contributed by atoms with Gasteiger partial charge in [0.15, 0.2) is 17.7 Å². The Labute approximate surface area is 185 Å². The third kappa shape index (κ3) is 5.27. The van der Waals surface area contributed by atoms with Crippen LogP contribution in [0.15, 0.2) is 42.6 Å². The first kappa shape index (κ1) is 22.0. The van der Waals surface area contributed by atoms with E-state index in [4.69, 9.17) is 28.9 Å². The molecule has 2 aromatic carbocycles. The second-order valence-electron chi connectivity index (χ2n) is 6.19. The van der Waals surface area contributed by atoms with Gasteiger partial charge in [-0.05, 0) is 40.2 Å². The Balaban J connectivity index is 1.70. The molecule has 0 bridgehead atoms. The summed E-state index contributed by atoms with van der Waals surface area (Å²) in [6.45, 7) is 0.782. The van der Waals surface area contributed by atoms with Gasteiger partial charge in [-0.25, -0.2) is 4.98 Å². The van der Waals surface area contributed by atoms with Crippen LogP contribution < -0.4 is 16.4 Å². The van der Waals surface area contributed by atoms with E-state index in [1.54, 1.807) is 12.1 Å². The molecule has 1 aromatic heterocycles. The van der Waals surface area contributed by atoms with Crippen molar-refractivity contribution in [1.82, 2.24) is 9.97 Å². The fourth-order valence-corrected chi connectivity index (χ4v) is 3.19. The Hall–Kier alpha value is -3.70. The molecule has 0 atom stereocenters. The number of benzene rings is 2. The molecule has 0 amide bonds. The molecule has 0 spiro atoms. The van der Waals surface area contributed by atoms with E-state index >= 15 is 0 Å². The van der Waals surface area contributed by atoms with Crippen LogP contribution in [0.5, 0.6) is 0 Å². The molecule has 0 aliphatic rings. The van der Waals surface area contributed by atoms with Crippen molar-refractivity contribution in [2.75, 3.05) is 29.5 Å². The van der Waals surface area contributed by atoms with Crippen LogP contribution in [0.2, 0.25) is 10.0 Å². The highest BCUT2D eigenvalue weighted by Gasteiger charge is 2.22. The van der Waals surface area contributed by atoms with Crippen molar-refractivity contribution in [2.45, 2.75) is 0 Å². The number of hydrogen-bond acceptors (Lipinski definition) is 9. The van der Waals surface area contributed by atoms with E-state index in [2.05, 4.69) is 20.6 Å². The summed E-state index contributed by atoms with van der Waals surface area (Å²) < 4.78 is 0. The molecule has 3 aromatic rings. The molecule has 0 aliphatic heterocycles. The van der Waals surface area contributed by atoms with E-state index < -0.39 is 15.7 Å². The van der Waals surface area contributed by atoms with Gasteiger partial charge in [0.05, 0.1) is 9.95 Å². The van der Waals surface area contributed by atoms with E-state index in [1.807, 2.05) is 0 Å². The van der Waals surface area contributed by atoms with Gasteiger partial charge < -0.3 is 26.5 Å². The van der Waals surface area contributed by atoms with Crippen molar-refractivity contribution in [2.24, 2.45) is 0 Å². The van der Waals surface area contributed by atoms with Crippen molar-refractivity contribution in [3.63, 3.8) is 0 Å². The molecule has 160 valence electrons. The normalized spacial score (nSPS) is 10.5. The second kappa shape index (κ2) is 9.41. The highest BCUT2D eigenvalue weighted by atomic mass is 35.5. The van der Waals surface area contributed by atoms with E-state index in [0.717, 1.165) is 0 Å². The zero-order valence-corrected chi connectivity index (χ0v) is 17.2. The predicted molar refractivity (Wildman–Crippen MR) is 119 cm³/mol. The molecule has 0 radical (unpaired) electrons. The quantitative estimate of drug-likeness (QED) is 0.190. The van der Waals surface area contributed by atoms with Gasteiger partial charge in [0.1, 0.15) is 5.69 Å². The average Bonchev–Trinajstić information content (AvgIpc) is 2.71. The van der Waals surface area contributed by atoms with E-state index in [0.29, 0.717) is 35.2 Å². The van der Waals surface area contributed by atoms with Gasteiger partial charge in [0, 0.05) is 35.4 Å². The number of nitrogens with zero attached hydrogens (tertiary/aromatic N) is 4. The van der Waals surface area contributed by atoms with Gasteiger partial charge in [0.2, 0.25) is 0 Å². The molecule has 0 saturated heterocycles. The van der Waals surface area contributed by atoms with Crippen LogP contribution in [0.1, 0.15) is 0 Å². The smallest absolute Gasteiger partial charge is 0.390 e. The highest BCUT2D eigenvalue weighted by molar-refractivity contribution is 6.36. The first-order valence-corrected chi connectivity index (χ1v) is 9.50. The molecule has 31 heavy (non-hydrogen) atoms. The second-order valence-corrected chi connectivity index (χ2v) is 7.04. The van der Waals surface area contributed by atoms with E-state index in [-0.39, 0.29) is 22.1 Å². The number of hydrogen-bond donors (Lipinski definition) is 3. The number of halogens is 2. The summed E-state index contributed by atoms with van der Waals surface area (Å²) >= 11 is 12.1. The monoisotopic (exact) mass is 463 g/mol. The number of nitrogens with one attached hydrogen (secondary N) is 2. The van der Waals surface area contributed by atoms with Crippen LogP contribution in [0, 0.1) is 20.2 Å². The Morgan fingerprint density at radius 2 is 1.74 bits per heavy atom. The Kier molecular flexibility index (Phi) is 6.68. The number of rotatable bonds is 8. The summed E-state index contributed by atoms with van der Waals surface area (Å²) in [5.41, 5.74) is 6.48. The van der Waals surface area contributed by atoms with Crippen LogP contribution in [-0.4, -0.2) is 32.9 Å². The third-order valence-corrected chi connectivity index (χ3v) is 4.64. The third-order valence-electron chi connectivity index (χ3n) is 4.10. The minimum atomic E-state index is -0.641. The number of nitro benzene ring substituents is 1. The van der Waals surface area contributed by atoms with Gasteiger partial charge in [-0.3, -0.25) is 10.1 Å². The van der Waals surface area contributed by atoms with Gasteiger partial charge in [-0.15, -0.1) is 0 Å². The number of nitro groups is 2. The van der Waals surface area contributed by atoms with Crippen molar-refractivity contribution in [3.8, 4) is 11.3 Å². The molecular formula is C18H15Cl2N7O4. The maximum atomic E-state index is 11.3. The largest absolute Gasteiger partial charge is 0.393 e. The first-order chi connectivity index (χ1) is 14.8. The molecule has 13 heteroatoms. The summed E-state index contributed by atoms with van der Waals surface area (Å²) in [7, 11) is 0.